The molecule has 0 aliphatic heterocycles. The maximum Gasteiger partial charge on any atom is 0.356 e. The monoisotopic (exact) mass is 213 g/mol. The summed E-state index contributed by atoms with van der Waals surface area (Å²) in [6.07, 6.45) is 0. The van der Waals surface area contributed by atoms with Crippen LogP contribution in [0.15, 0.2) is 6.07 Å². The van der Waals surface area contributed by atoms with Crippen molar-refractivity contribution >= 4 is 29.0 Å². The van der Waals surface area contributed by atoms with Crippen LogP contribution in [0.1, 0.15) is 16.2 Å². The van der Waals surface area contributed by atoms with Gasteiger partial charge in [0, 0.05) is 5.69 Å². The summed E-state index contributed by atoms with van der Waals surface area (Å²) >= 11 is 4.67. The molecule has 0 aliphatic rings. The zero-order valence-electron chi connectivity index (χ0n) is 7.88. The standard InChI is InChI=1S/C8H11N3O2S/c1-4-3-5(11-8(9)14)6(10-4)7(12)13-2/h3,10H,1-2H3,(H3,9,11,14). The first kappa shape index (κ1) is 10.5. The minimum Gasteiger partial charge on any atom is -0.464 e. The van der Waals surface area contributed by atoms with Crippen molar-refractivity contribution in [3.63, 3.8) is 0 Å². The van der Waals surface area contributed by atoms with Gasteiger partial charge >= 0.3 is 5.97 Å². The summed E-state index contributed by atoms with van der Waals surface area (Å²) < 4.78 is 4.58. The number of ether oxygens (including phenoxy) is 1. The fourth-order valence-corrected chi connectivity index (χ4v) is 1.19. The summed E-state index contributed by atoms with van der Waals surface area (Å²) in [5.74, 6) is -0.461. The molecule has 1 heterocycles. The molecule has 0 saturated carbocycles. The van der Waals surface area contributed by atoms with Gasteiger partial charge in [-0.2, -0.15) is 0 Å². The van der Waals surface area contributed by atoms with Crippen molar-refractivity contribution in [3.05, 3.63) is 17.5 Å². The number of hydrogen-bond donors (Lipinski definition) is 3. The van der Waals surface area contributed by atoms with Crippen LogP contribution in [0.4, 0.5) is 5.69 Å². The Bertz CT molecular complexity index is 373. The van der Waals surface area contributed by atoms with Crippen LogP contribution in [0.5, 0.6) is 0 Å². The fraction of sp³-hybridized carbons (Fsp3) is 0.250. The highest BCUT2D eigenvalue weighted by Gasteiger charge is 2.14. The Balaban J connectivity index is 3.02. The molecule has 6 heteroatoms. The van der Waals surface area contributed by atoms with Crippen molar-refractivity contribution < 1.29 is 9.53 Å². The zero-order chi connectivity index (χ0) is 10.7. The highest BCUT2D eigenvalue weighted by Crippen LogP contribution is 2.17. The zero-order valence-corrected chi connectivity index (χ0v) is 8.70. The van der Waals surface area contributed by atoms with Crippen LogP contribution in [-0.2, 0) is 4.74 Å². The van der Waals surface area contributed by atoms with Gasteiger partial charge in [-0.15, -0.1) is 0 Å². The second-order valence-electron chi connectivity index (χ2n) is 2.72. The molecule has 0 aromatic carbocycles. The topological polar surface area (TPSA) is 80.1 Å². The number of aryl methyl sites for hydroxylation is 1. The van der Waals surface area contributed by atoms with Crippen LogP contribution in [-0.4, -0.2) is 23.2 Å². The molecule has 0 saturated heterocycles. The van der Waals surface area contributed by atoms with Crippen molar-refractivity contribution in [1.82, 2.24) is 4.98 Å². The first-order valence-electron chi connectivity index (χ1n) is 3.89. The lowest BCUT2D eigenvalue weighted by molar-refractivity contribution is 0.0596. The first-order valence-corrected chi connectivity index (χ1v) is 4.29. The van der Waals surface area contributed by atoms with Crippen molar-refractivity contribution in [2.24, 2.45) is 5.73 Å². The fourth-order valence-electron chi connectivity index (χ4n) is 1.08. The van der Waals surface area contributed by atoms with E-state index in [4.69, 9.17) is 5.73 Å². The molecule has 0 spiro atoms. The van der Waals surface area contributed by atoms with Gasteiger partial charge in [-0.3, -0.25) is 0 Å². The molecule has 1 aromatic rings. The Morgan fingerprint density at radius 1 is 1.71 bits per heavy atom. The number of esters is 1. The Kier molecular flexibility index (Phi) is 3.08. The lowest BCUT2D eigenvalue weighted by atomic mass is 10.3. The predicted molar refractivity (Wildman–Crippen MR) is 57.3 cm³/mol. The largest absolute Gasteiger partial charge is 0.464 e. The Labute approximate surface area is 86.6 Å². The molecule has 0 atom stereocenters. The molecule has 76 valence electrons. The summed E-state index contributed by atoms with van der Waals surface area (Å²) in [5, 5.41) is 2.79. The third kappa shape index (κ3) is 2.23. The second-order valence-corrected chi connectivity index (χ2v) is 3.16. The van der Waals surface area contributed by atoms with E-state index in [2.05, 4.69) is 27.3 Å². The Morgan fingerprint density at radius 3 is 2.86 bits per heavy atom. The van der Waals surface area contributed by atoms with Crippen LogP contribution < -0.4 is 11.1 Å². The second kappa shape index (κ2) is 4.10. The highest BCUT2D eigenvalue weighted by molar-refractivity contribution is 7.80. The van der Waals surface area contributed by atoms with Crippen molar-refractivity contribution in [2.45, 2.75) is 6.92 Å². The number of thiocarbonyl (C=S) groups is 1. The molecule has 0 amide bonds. The number of anilines is 1. The predicted octanol–water partition coefficient (Wildman–Crippen LogP) is 0.765. The van der Waals surface area contributed by atoms with E-state index in [0.29, 0.717) is 11.4 Å². The summed E-state index contributed by atoms with van der Waals surface area (Å²) in [5.41, 5.74) is 6.97. The lowest BCUT2D eigenvalue weighted by Crippen LogP contribution is -2.20. The first-order chi connectivity index (χ1) is 6.54. The van der Waals surface area contributed by atoms with E-state index in [-0.39, 0.29) is 5.11 Å². The average molecular weight is 213 g/mol. The van der Waals surface area contributed by atoms with E-state index < -0.39 is 5.97 Å². The quantitative estimate of drug-likeness (QED) is 0.499. The van der Waals surface area contributed by atoms with Crippen LogP contribution in [0.3, 0.4) is 0 Å². The number of H-pyrrole nitrogens is 1. The van der Waals surface area contributed by atoms with E-state index in [0.717, 1.165) is 5.69 Å². The lowest BCUT2D eigenvalue weighted by Gasteiger charge is -2.03. The van der Waals surface area contributed by atoms with Crippen LogP contribution in [0, 0.1) is 6.92 Å². The molecule has 1 rings (SSSR count). The van der Waals surface area contributed by atoms with Gasteiger partial charge in [0.25, 0.3) is 0 Å². The molecular weight excluding hydrogens is 202 g/mol. The number of nitrogens with two attached hydrogens (primary N) is 1. The van der Waals surface area contributed by atoms with Gasteiger partial charge in [-0.25, -0.2) is 4.79 Å². The number of carbonyl (C=O) groups excluding carboxylic acids is 1. The summed E-state index contributed by atoms with van der Waals surface area (Å²) in [6, 6.07) is 1.73. The van der Waals surface area contributed by atoms with Gasteiger partial charge in [0.1, 0.15) is 5.69 Å². The molecule has 1 aromatic heterocycles. The van der Waals surface area contributed by atoms with Crippen LogP contribution in [0.2, 0.25) is 0 Å². The van der Waals surface area contributed by atoms with Crippen LogP contribution in [0.25, 0.3) is 0 Å². The van der Waals surface area contributed by atoms with Gasteiger partial charge < -0.3 is 20.8 Å². The van der Waals surface area contributed by atoms with Gasteiger partial charge in [0.2, 0.25) is 0 Å². The van der Waals surface area contributed by atoms with Crippen molar-refractivity contribution in [3.8, 4) is 0 Å². The minimum absolute atomic E-state index is 0.106. The Morgan fingerprint density at radius 2 is 2.36 bits per heavy atom. The minimum atomic E-state index is -0.461. The third-order valence-corrected chi connectivity index (χ3v) is 1.70. The van der Waals surface area contributed by atoms with Gasteiger partial charge in [0.05, 0.1) is 12.8 Å². The SMILES string of the molecule is COC(=O)c1[nH]c(C)cc1NC(N)=S. The summed E-state index contributed by atoms with van der Waals surface area (Å²) in [4.78, 5) is 14.1. The highest BCUT2D eigenvalue weighted by atomic mass is 32.1. The molecule has 0 aliphatic carbocycles. The van der Waals surface area contributed by atoms with Gasteiger partial charge in [0.15, 0.2) is 5.11 Å². The summed E-state index contributed by atoms with van der Waals surface area (Å²) in [6.45, 7) is 1.82. The number of hydrogen-bond acceptors (Lipinski definition) is 3. The maximum atomic E-state index is 11.3. The average Bonchev–Trinajstić information content (AvgIpc) is 2.44. The molecule has 0 bridgehead atoms. The van der Waals surface area contributed by atoms with Crippen molar-refractivity contribution in [1.29, 1.82) is 0 Å². The normalized spacial score (nSPS) is 9.57. The van der Waals surface area contributed by atoms with Gasteiger partial charge in [-0.1, -0.05) is 0 Å². The number of aromatic nitrogens is 1. The smallest absolute Gasteiger partial charge is 0.356 e. The molecule has 0 fully saturated rings. The number of aromatic amines is 1. The van der Waals surface area contributed by atoms with E-state index in [9.17, 15) is 4.79 Å². The van der Waals surface area contributed by atoms with Crippen molar-refractivity contribution in [2.75, 3.05) is 12.4 Å². The number of methoxy groups -OCH3 is 1. The number of nitrogens with one attached hydrogen (secondary N) is 2. The Hall–Kier alpha value is -1.56. The van der Waals surface area contributed by atoms with E-state index in [1.54, 1.807) is 6.07 Å². The number of rotatable bonds is 2. The maximum absolute atomic E-state index is 11.3. The summed E-state index contributed by atoms with van der Waals surface area (Å²) in [7, 11) is 1.31. The van der Waals surface area contributed by atoms with E-state index in [1.807, 2.05) is 6.92 Å². The molecular formula is C8H11N3O2S. The molecule has 0 radical (unpaired) electrons. The van der Waals surface area contributed by atoms with Gasteiger partial charge in [-0.05, 0) is 25.2 Å². The van der Waals surface area contributed by atoms with E-state index in [1.165, 1.54) is 7.11 Å². The molecule has 4 N–H and O–H groups in total. The molecule has 5 nitrogen and oxygen atoms in total. The van der Waals surface area contributed by atoms with E-state index >= 15 is 0 Å². The molecule has 0 unspecified atom stereocenters. The molecule has 14 heavy (non-hydrogen) atoms. The third-order valence-electron chi connectivity index (χ3n) is 1.60. The van der Waals surface area contributed by atoms with Crippen LogP contribution >= 0.6 is 12.2 Å². The number of carbonyl (C=O) groups is 1.